The second-order valence-corrected chi connectivity index (χ2v) is 7.65. The maximum Gasteiger partial charge on any atom is 0.316 e. The van der Waals surface area contributed by atoms with Gasteiger partial charge < -0.3 is 9.84 Å². The molecule has 2 heterocycles. The molecule has 4 rings (SSSR count). The van der Waals surface area contributed by atoms with Gasteiger partial charge in [-0.2, -0.15) is 0 Å². The molecule has 136 valence electrons. The van der Waals surface area contributed by atoms with Gasteiger partial charge in [0.15, 0.2) is 6.04 Å². The molecule has 0 spiro atoms. The molecule has 2 aliphatic heterocycles. The predicted molar refractivity (Wildman–Crippen MR) is 102 cm³/mol. The summed E-state index contributed by atoms with van der Waals surface area (Å²) in [7, 11) is 1.51. The highest BCUT2D eigenvalue weighted by molar-refractivity contribution is 8.14. The zero-order valence-electron chi connectivity index (χ0n) is 14.9. The number of anilines is 1. The van der Waals surface area contributed by atoms with Gasteiger partial charge >= 0.3 is 5.17 Å². The maximum absolute atomic E-state index is 14.9. The number of benzene rings is 2. The van der Waals surface area contributed by atoms with E-state index in [4.69, 9.17) is 4.74 Å². The Hall–Kier alpha value is -2.05. The largest absolute Gasteiger partial charge is 0.497 e. The van der Waals surface area contributed by atoms with E-state index in [0.29, 0.717) is 12.3 Å². The Balaban J connectivity index is 1.87. The van der Waals surface area contributed by atoms with E-state index in [0.717, 1.165) is 23.0 Å². The van der Waals surface area contributed by atoms with Crippen molar-refractivity contribution in [1.29, 1.82) is 0 Å². The van der Waals surface area contributed by atoms with Gasteiger partial charge in [0, 0.05) is 11.8 Å². The molecule has 2 aromatic rings. The highest BCUT2D eigenvalue weighted by Gasteiger charge is 2.60. The van der Waals surface area contributed by atoms with Crippen LogP contribution >= 0.6 is 11.8 Å². The molecular formula is C20H22FN2O2S+. The number of para-hydroxylation sites is 1. The van der Waals surface area contributed by atoms with Gasteiger partial charge in [-0.25, -0.2) is 13.9 Å². The molecule has 0 saturated heterocycles. The van der Waals surface area contributed by atoms with Crippen molar-refractivity contribution >= 4 is 22.6 Å². The highest BCUT2D eigenvalue weighted by Crippen LogP contribution is 2.43. The molecular weight excluding hydrogens is 351 g/mol. The molecule has 2 atom stereocenters. The summed E-state index contributed by atoms with van der Waals surface area (Å²) in [4.78, 5) is 2.12. The number of halogens is 1. The van der Waals surface area contributed by atoms with Crippen LogP contribution < -0.4 is 9.64 Å². The fourth-order valence-electron chi connectivity index (χ4n) is 3.86. The third-order valence-electron chi connectivity index (χ3n) is 5.18. The van der Waals surface area contributed by atoms with Crippen LogP contribution in [-0.2, 0) is 5.72 Å². The normalized spacial score (nSPS) is 25.4. The van der Waals surface area contributed by atoms with Crippen LogP contribution in [0.1, 0.15) is 18.9 Å². The molecule has 0 radical (unpaired) electrons. The van der Waals surface area contributed by atoms with E-state index in [1.54, 1.807) is 23.9 Å². The molecule has 0 bridgehead atoms. The third kappa shape index (κ3) is 2.51. The van der Waals surface area contributed by atoms with Gasteiger partial charge in [0.05, 0.1) is 19.2 Å². The Morgan fingerprint density at radius 3 is 2.73 bits per heavy atom. The number of methoxy groups -OCH3 is 1. The summed E-state index contributed by atoms with van der Waals surface area (Å²) in [6.45, 7) is 2.64. The van der Waals surface area contributed by atoms with Crippen LogP contribution in [0.4, 0.5) is 10.1 Å². The number of hydrogen-bond acceptors (Lipinski definition) is 4. The van der Waals surface area contributed by atoms with E-state index in [2.05, 4.69) is 4.90 Å². The lowest BCUT2D eigenvalue weighted by Crippen LogP contribution is -2.48. The van der Waals surface area contributed by atoms with E-state index < -0.39 is 11.5 Å². The first kappa shape index (κ1) is 17.4. The lowest BCUT2D eigenvalue weighted by atomic mass is 9.94. The molecule has 0 unspecified atom stereocenters. The first-order valence-corrected chi connectivity index (χ1v) is 9.74. The second-order valence-electron chi connectivity index (χ2n) is 6.59. The fourth-order valence-corrected chi connectivity index (χ4v) is 5.11. The smallest absolute Gasteiger partial charge is 0.316 e. The van der Waals surface area contributed by atoms with Crippen LogP contribution in [0.2, 0.25) is 0 Å². The number of ether oxygens (including phenoxy) is 1. The Morgan fingerprint density at radius 2 is 2.04 bits per heavy atom. The molecule has 26 heavy (non-hydrogen) atoms. The zero-order valence-corrected chi connectivity index (χ0v) is 15.7. The Kier molecular flexibility index (Phi) is 4.40. The number of aliphatic hydroxyl groups is 1. The van der Waals surface area contributed by atoms with Crippen LogP contribution in [-0.4, -0.2) is 40.3 Å². The van der Waals surface area contributed by atoms with Crippen molar-refractivity contribution in [3.8, 4) is 5.75 Å². The Bertz CT molecular complexity index is 858. The average Bonchev–Trinajstić information content (AvgIpc) is 2.90. The maximum atomic E-state index is 14.9. The van der Waals surface area contributed by atoms with Gasteiger partial charge in [0.2, 0.25) is 0 Å². The van der Waals surface area contributed by atoms with Crippen molar-refractivity contribution in [2.45, 2.75) is 25.1 Å². The van der Waals surface area contributed by atoms with Crippen molar-refractivity contribution < 1.29 is 18.8 Å². The van der Waals surface area contributed by atoms with Gasteiger partial charge in [-0.1, -0.05) is 18.2 Å². The number of nitrogens with zero attached hydrogens (tertiary/aromatic N) is 2. The predicted octanol–water partition coefficient (Wildman–Crippen LogP) is 3.39. The van der Waals surface area contributed by atoms with E-state index in [9.17, 15) is 9.50 Å². The van der Waals surface area contributed by atoms with E-state index in [1.807, 2.05) is 41.8 Å². The topological polar surface area (TPSA) is 35.7 Å². The quantitative estimate of drug-likeness (QED) is 0.837. The highest BCUT2D eigenvalue weighted by atomic mass is 32.2. The van der Waals surface area contributed by atoms with Crippen molar-refractivity contribution in [2.75, 3.05) is 24.3 Å². The molecule has 0 fully saturated rings. The van der Waals surface area contributed by atoms with Crippen LogP contribution in [0.3, 0.4) is 0 Å². The van der Waals surface area contributed by atoms with Crippen molar-refractivity contribution in [3.05, 3.63) is 59.9 Å². The number of thioether (sulfide) groups is 1. The molecule has 2 aliphatic rings. The first-order chi connectivity index (χ1) is 12.6. The monoisotopic (exact) mass is 373 g/mol. The molecule has 0 saturated carbocycles. The number of amidine groups is 1. The lowest BCUT2D eigenvalue weighted by Gasteiger charge is -2.29. The SMILES string of the molecule is COc1ccc([C@]2(O)[C@@H](C)N(c3ccccc3)C3=[N+]2CCCS3)c(F)c1. The van der Waals surface area contributed by atoms with Crippen LogP contribution in [0.25, 0.3) is 0 Å². The average molecular weight is 373 g/mol. The van der Waals surface area contributed by atoms with Gasteiger partial charge in [-0.3, -0.25) is 0 Å². The number of rotatable bonds is 3. The summed E-state index contributed by atoms with van der Waals surface area (Å²) >= 11 is 1.71. The van der Waals surface area contributed by atoms with E-state index in [-0.39, 0.29) is 11.6 Å². The van der Waals surface area contributed by atoms with Gasteiger partial charge in [0.25, 0.3) is 5.72 Å². The van der Waals surface area contributed by atoms with Crippen LogP contribution in [0, 0.1) is 5.82 Å². The summed E-state index contributed by atoms with van der Waals surface area (Å²) in [5.74, 6) is 0.976. The second kappa shape index (κ2) is 6.59. The van der Waals surface area contributed by atoms with Gasteiger partial charge in [0.1, 0.15) is 17.3 Å². The Labute approximate surface area is 156 Å². The first-order valence-electron chi connectivity index (χ1n) is 8.75. The summed E-state index contributed by atoms with van der Waals surface area (Å²) in [5.41, 5.74) is -0.155. The fraction of sp³-hybridized carbons (Fsp3) is 0.350. The molecule has 0 aromatic heterocycles. The van der Waals surface area contributed by atoms with Crippen molar-refractivity contribution in [2.24, 2.45) is 0 Å². The van der Waals surface area contributed by atoms with Crippen LogP contribution in [0.5, 0.6) is 5.75 Å². The van der Waals surface area contributed by atoms with Crippen LogP contribution in [0.15, 0.2) is 48.5 Å². The molecule has 2 aromatic carbocycles. The summed E-state index contributed by atoms with van der Waals surface area (Å²) in [5, 5.41) is 12.8. The minimum Gasteiger partial charge on any atom is -0.497 e. The summed E-state index contributed by atoms with van der Waals surface area (Å²) < 4.78 is 22.0. The molecule has 1 N–H and O–H groups in total. The van der Waals surface area contributed by atoms with Gasteiger partial charge in [-0.05, 0) is 49.4 Å². The minimum absolute atomic E-state index is 0.282. The summed E-state index contributed by atoms with van der Waals surface area (Å²) in [6, 6.07) is 14.3. The van der Waals surface area contributed by atoms with E-state index in [1.165, 1.54) is 13.2 Å². The molecule has 0 aliphatic carbocycles. The van der Waals surface area contributed by atoms with Crippen molar-refractivity contribution in [3.63, 3.8) is 0 Å². The molecule has 6 heteroatoms. The minimum atomic E-state index is -1.44. The zero-order chi connectivity index (χ0) is 18.3. The number of hydrogen-bond donors (Lipinski definition) is 1. The third-order valence-corrected chi connectivity index (χ3v) is 6.35. The Morgan fingerprint density at radius 1 is 1.27 bits per heavy atom. The molecule has 0 amide bonds. The standard InChI is InChI=1S/C20H22FN2O2S/c1-14-20(24,17-10-9-16(25-2)13-18(17)21)22-11-6-12-26-19(22)23(14)15-7-4-3-5-8-15/h3-5,7-10,13-14,24H,6,11-12H2,1-2H3/q+1/t14-,20-/m1/s1. The van der Waals surface area contributed by atoms with Gasteiger partial charge in [-0.15, -0.1) is 0 Å². The lowest BCUT2D eigenvalue weighted by molar-refractivity contribution is -0.662. The van der Waals surface area contributed by atoms with Crippen molar-refractivity contribution in [1.82, 2.24) is 0 Å². The molecule has 4 nitrogen and oxygen atoms in total. The summed E-state index contributed by atoms with van der Waals surface area (Å²) in [6.07, 6.45) is 0.948. The van der Waals surface area contributed by atoms with E-state index >= 15 is 0 Å².